The van der Waals surface area contributed by atoms with Crippen LogP contribution in [-0.4, -0.2) is 20.8 Å². The number of nitriles is 1. The molecule has 0 saturated carbocycles. The smallest absolute Gasteiger partial charge is 0.282 e. The lowest BCUT2D eigenvalue weighted by molar-refractivity contribution is -0.384. The summed E-state index contributed by atoms with van der Waals surface area (Å²) >= 11 is 3.38. The molecule has 4 rings (SSSR count). The average molecular weight is 546 g/mol. The Hall–Kier alpha value is -4.36. The first-order valence-corrected chi connectivity index (χ1v) is 11.9. The van der Waals surface area contributed by atoms with E-state index in [1.807, 2.05) is 13.0 Å². The van der Waals surface area contributed by atoms with Gasteiger partial charge in [0.25, 0.3) is 11.2 Å². The molecule has 0 saturated heterocycles. The number of fused-ring (bicyclic) bond motifs is 1. The van der Waals surface area contributed by atoms with Crippen LogP contribution in [0.15, 0.2) is 75.0 Å². The first-order chi connectivity index (χ1) is 17.4. The zero-order chi connectivity index (χ0) is 25.7. The number of nitro benzene ring substituents is 1. The SMILES string of the molecule is CCCc1nc2ccc(Br)cc2c(=O)n1N=Cc1cc([N+](=O)[O-])ccc1OCc1ccccc1C#N. The fraction of sp³-hybridized carbons (Fsp3) is 0.154. The van der Waals surface area contributed by atoms with Crippen molar-refractivity contribution in [1.29, 1.82) is 5.26 Å². The first-order valence-electron chi connectivity index (χ1n) is 11.1. The molecule has 10 heteroatoms. The van der Waals surface area contributed by atoms with Gasteiger partial charge in [-0.2, -0.15) is 15.0 Å². The lowest BCUT2D eigenvalue weighted by atomic mass is 10.1. The van der Waals surface area contributed by atoms with Crippen molar-refractivity contribution in [2.75, 3.05) is 0 Å². The second-order valence-corrected chi connectivity index (χ2v) is 8.75. The molecule has 0 spiro atoms. The second kappa shape index (κ2) is 10.9. The Labute approximate surface area is 214 Å². The summed E-state index contributed by atoms with van der Waals surface area (Å²) in [6.45, 7) is 2.05. The van der Waals surface area contributed by atoms with Crippen LogP contribution in [0.5, 0.6) is 5.75 Å². The molecule has 0 aliphatic carbocycles. The molecule has 9 nitrogen and oxygen atoms in total. The van der Waals surface area contributed by atoms with Gasteiger partial charge in [-0.1, -0.05) is 41.1 Å². The van der Waals surface area contributed by atoms with E-state index in [4.69, 9.17) is 4.74 Å². The molecule has 0 N–H and O–H groups in total. The zero-order valence-electron chi connectivity index (χ0n) is 19.2. The Morgan fingerprint density at radius 1 is 1.22 bits per heavy atom. The van der Waals surface area contributed by atoms with Gasteiger partial charge in [0, 0.05) is 34.2 Å². The van der Waals surface area contributed by atoms with Gasteiger partial charge in [-0.3, -0.25) is 14.9 Å². The van der Waals surface area contributed by atoms with Crippen LogP contribution in [0.4, 0.5) is 5.69 Å². The number of hydrogen-bond acceptors (Lipinski definition) is 7. The van der Waals surface area contributed by atoms with Crippen LogP contribution >= 0.6 is 15.9 Å². The van der Waals surface area contributed by atoms with Gasteiger partial charge in [0.05, 0.1) is 33.7 Å². The number of benzene rings is 3. The molecule has 0 unspecified atom stereocenters. The van der Waals surface area contributed by atoms with Crippen molar-refractivity contribution >= 4 is 38.7 Å². The summed E-state index contributed by atoms with van der Waals surface area (Å²) in [6, 6.07) is 18.5. The Morgan fingerprint density at radius 2 is 2.03 bits per heavy atom. The lowest BCUT2D eigenvalue weighted by Gasteiger charge is -2.11. The molecule has 4 aromatic rings. The third-order valence-electron chi connectivity index (χ3n) is 5.39. The number of nitrogens with zero attached hydrogens (tertiary/aromatic N) is 5. The van der Waals surface area contributed by atoms with Crippen LogP contribution in [0.2, 0.25) is 0 Å². The maximum Gasteiger partial charge on any atom is 0.282 e. The molecule has 36 heavy (non-hydrogen) atoms. The molecule has 3 aromatic carbocycles. The molecule has 0 amide bonds. The Bertz CT molecular complexity index is 1590. The largest absolute Gasteiger partial charge is 0.488 e. The van der Waals surface area contributed by atoms with Crippen LogP contribution in [0, 0.1) is 21.4 Å². The Morgan fingerprint density at radius 3 is 2.78 bits per heavy atom. The van der Waals surface area contributed by atoms with Gasteiger partial charge in [0.15, 0.2) is 0 Å². The first kappa shape index (κ1) is 24.8. The highest BCUT2D eigenvalue weighted by molar-refractivity contribution is 9.10. The van der Waals surface area contributed by atoms with Gasteiger partial charge in [0.1, 0.15) is 18.2 Å². The maximum atomic E-state index is 13.3. The Balaban J connectivity index is 1.77. The van der Waals surface area contributed by atoms with E-state index in [0.29, 0.717) is 45.6 Å². The van der Waals surface area contributed by atoms with Crippen LogP contribution in [0.1, 0.15) is 35.9 Å². The van der Waals surface area contributed by atoms with Crippen LogP contribution in [-0.2, 0) is 13.0 Å². The number of halogens is 1. The van der Waals surface area contributed by atoms with E-state index in [1.54, 1.807) is 36.4 Å². The zero-order valence-corrected chi connectivity index (χ0v) is 20.8. The van der Waals surface area contributed by atoms with Crippen molar-refractivity contribution < 1.29 is 9.66 Å². The van der Waals surface area contributed by atoms with E-state index in [1.165, 1.54) is 29.1 Å². The summed E-state index contributed by atoms with van der Waals surface area (Å²) in [5.74, 6) is 0.795. The average Bonchev–Trinajstić information content (AvgIpc) is 2.88. The van der Waals surface area contributed by atoms with E-state index >= 15 is 0 Å². The quantitative estimate of drug-likeness (QED) is 0.167. The highest BCUT2D eigenvalue weighted by Crippen LogP contribution is 2.25. The minimum absolute atomic E-state index is 0.0783. The summed E-state index contributed by atoms with van der Waals surface area (Å²) < 4.78 is 7.86. The predicted octanol–water partition coefficient (Wildman–Crippen LogP) is 5.35. The monoisotopic (exact) mass is 545 g/mol. The van der Waals surface area contributed by atoms with Crippen molar-refractivity contribution in [2.24, 2.45) is 5.10 Å². The fourth-order valence-corrected chi connectivity index (χ4v) is 3.97. The van der Waals surface area contributed by atoms with Gasteiger partial charge >= 0.3 is 0 Å². The normalized spacial score (nSPS) is 11.0. The van der Waals surface area contributed by atoms with Crippen LogP contribution < -0.4 is 10.3 Å². The molecule has 1 aromatic heterocycles. The number of ether oxygens (including phenoxy) is 1. The van der Waals surface area contributed by atoms with Gasteiger partial charge < -0.3 is 4.74 Å². The summed E-state index contributed by atoms with van der Waals surface area (Å²) in [5.41, 5.74) is 1.52. The molecule has 0 aliphatic rings. The topological polar surface area (TPSA) is 123 Å². The molecular formula is C26H20BrN5O4. The van der Waals surface area contributed by atoms with E-state index in [9.17, 15) is 20.2 Å². The Kier molecular flexibility index (Phi) is 7.51. The van der Waals surface area contributed by atoms with Gasteiger partial charge in [0.2, 0.25) is 0 Å². The lowest BCUT2D eigenvalue weighted by Crippen LogP contribution is -2.22. The van der Waals surface area contributed by atoms with E-state index in [-0.39, 0.29) is 17.9 Å². The third-order valence-corrected chi connectivity index (χ3v) is 5.88. The molecule has 0 bridgehead atoms. The van der Waals surface area contributed by atoms with Crippen molar-refractivity contribution in [3.05, 3.63) is 108 Å². The van der Waals surface area contributed by atoms with Crippen LogP contribution in [0.3, 0.4) is 0 Å². The summed E-state index contributed by atoms with van der Waals surface area (Å²) in [7, 11) is 0. The van der Waals surface area contributed by atoms with Crippen molar-refractivity contribution in [3.8, 4) is 11.8 Å². The van der Waals surface area contributed by atoms with Gasteiger partial charge in [-0.25, -0.2) is 4.98 Å². The molecule has 0 aliphatic heterocycles. The number of nitro groups is 1. The number of non-ortho nitro benzene ring substituents is 1. The molecule has 0 atom stereocenters. The van der Waals surface area contributed by atoms with E-state index in [2.05, 4.69) is 32.1 Å². The third kappa shape index (κ3) is 5.31. The summed E-state index contributed by atoms with van der Waals surface area (Å²) in [4.78, 5) is 28.7. The molecular weight excluding hydrogens is 526 g/mol. The molecule has 180 valence electrons. The number of rotatable bonds is 8. The number of aromatic nitrogens is 2. The molecule has 0 radical (unpaired) electrons. The van der Waals surface area contributed by atoms with Crippen LogP contribution in [0.25, 0.3) is 10.9 Å². The van der Waals surface area contributed by atoms with Gasteiger partial charge in [-0.05, 0) is 36.8 Å². The summed E-state index contributed by atoms with van der Waals surface area (Å²) in [6.07, 6.45) is 2.61. The van der Waals surface area contributed by atoms with E-state index < -0.39 is 4.92 Å². The number of hydrogen-bond donors (Lipinski definition) is 0. The van der Waals surface area contributed by atoms with Crippen molar-refractivity contribution in [2.45, 2.75) is 26.4 Å². The highest BCUT2D eigenvalue weighted by Gasteiger charge is 2.14. The minimum Gasteiger partial charge on any atom is -0.488 e. The van der Waals surface area contributed by atoms with Crippen molar-refractivity contribution in [1.82, 2.24) is 9.66 Å². The molecule has 0 fully saturated rings. The predicted molar refractivity (Wildman–Crippen MR) is 139 cm³/mol. The number of aryl methyl sites for hydroxylation is 1. The fourth-order valence-electron chi connectivity index (χ4n) is 3.61. The standard InChI is InChI=1S/C26H20BrN5O4/c1-2-5-25-30-23-10-8-20(27)13-22(23)26(33)31(25)29-15-19-12-21(32(34)35)9-11-24(19)36-16-18-7-4-3-6-17(18)14-28/h3-4,6-13,15H,2,5,16H2,1H3. The van der Waals surface area contributed by atoms with Crippen molar-refractivity contribution in [3.63, 3.8) is 0 Å². The maximum absolute atomic E-state index is 13.3. The van der Waals surface area contributed by atoms with E-state index in [0.717, 1.165) is 10.9 Å². The van der Waals surface area contributed by atoms with Gasteiger partial charge in [-0.15, -0.1) is 0 Å². The molecule has 1 heterocycles. The second-order valence-electron chi connectivity index (χ2n) is 7.84. The highest BCUT2D eigenvalue weighted by atomic mass is 79.9. The summed E-state index contributed by atoms with van der Waals surface area (Å²) in [5, 5.41) is 25.5. The minimum atomic E-state index is -0.518.